The molecule has 6 saturated heterocycles. The Morgan fingerprint density at radius 3 is 1.25 bits per heavy atom. The average Bonchev–Trinajstić information content (AvgIpc) is 0.752. The van der Waals surface area contributed by atoms with E-state index in [2.05, 4.69) is 47.3 Å². The number of aliphatic hydroxyl groups excluding tert-OH is 18. The molecule has 6 aliphatic heterocycles. The highest BCUT2D eigenvalue weighted by Gasteiger charge is 2.62. The average molecular weight is 1860 g/mol. The van der Waals surface area contributed by atoms with Gasteiger partial charge in [0.05, 0.1) is 70.5 Å². The molecular weight excluding hydrogens is 1700 g/mol. The minimum absolute atomic E-state index is 0.128. The zero-order chi connectivity index (χ0) is 94.7. The molecule has 40 nitrogen and oxygen atoms in total. The van der Waals surface area contributed by atoms with E-state index in [0.29, 0.717) is 12.8 Å². The number of nitrogens with one attached hydrogen (secondary N) is 4. The Kier molecular flexibility index (Phi) is 53.6. The summed E-state index contributed by atoms with van der Waals surface area (Å²) in [4.78, 5) is 65.4. The molecule has 750 valence electrons. The number of rotatable bonds is 63. The summed E-state index contributed by atoms with van der Waals surface area (Å²) in [5.41, 5.74) is 0. The van der Waals surface area contributed by atoms with Gasteiger partial charge in [-0.2, -0.15) is 0 Å². The van der Waals surface area contributed by atoms with Crippen LogP contribution in [-0.2, 0) is 80.8 Å². The Morgan fingerprint density at radius 1 is 0.403 bits per heavy atom. The summed E-state index contributed by atoms with van der Waals surface area (Å²) in [5, 5.41) is 224. The zero-order valence-electron chi connectivity index (χ0n) is 75.9. The Bertz CT molecular complexity index is 3160. The van der Waals surface area contributed by atoms with Crippen LogP contribution in [0, 0.1) is 0 Å². The highest BCUT2D eigenvalue weighted by molar-refractivity contribution is 5.77. The first-order chi connectivity index (χ1) is 61.9. The van der Waals surface area contributed by atoms with Gasteiger partial charge in [-0.15, -0.1) is 0 Å². The topological polar surface area (TPSA) is 629 Å². The predicted octanol–water partition coefficient (Wildman–Crippen LogP) is -0.178. The Morgan fingerprint density at radius 2 is 0.783 bits per heavy atom. The smallest absolute Gasteiger partial charge is 0.364 e. The number of amides is 4. The molecule has 12 unspecified atom stereocenters. The molecule has 0 aromatic carbocycles. The standard InChI is InChI=1S/C89H158N4O36/c1-6-8-10-12-14-16-18-20-21-22-23-24-25-26-27-28-29-31-33-35-37-39-41-43-64(106)93-55(56(103)42-40-38-36-34-32-30-19-17-15-13-11-9-7-2)51-118-85-74(113)73(112)78(62(49-98)122-85)125-87-76(115)82(79(63(50-99)123-87)126-83-66(91-53(4)101)71(110)69(108)59(46-95)119-83)127-84-67(92-54(5)102)72(111)77(61(48-97)121-84)124-86-75(114)81(70(109)60(47-96)120-86)129-89(88(116)117)44-57(104)65(90-52(3)100)80(128-89)68(107)58(105)45-94/h20-21,40,42,55-63,65-87,94-99,103-105,107-115H,6-19,22-39,41,43-51H2,1-5H3,(H,90,100)(H,91,101)(H,92,102)(H,93,106)(H,116,117)/b21-20-,42-40+/t55-,56+,57?,58+,59?,60?,61?,62?,63?,65+,66?,67?,68+,69-,70-,71+,72+,73+,74?,75?,76?,77+,78+,79-,80?,81-,82+,83-,84-,85+,86-,87-,89-/m0/s1. The second-order valence-corrected chi connectivity index (χ2v) is 35.3. The number of carboxylic acids is 1. The molecule has 0 spiro atoms. The lowest BCUT2D eigenvalue weighted by molar-refractivity contribution is -0.398. The van der Waals surface area contributed by atoms with Crippen molar-refractivity contribution in [1.82, 2.24) is 21.3 Å². The van der Waals surface area contributed by atoms with Crippen LogP contribution >= 0.6 is 0 Å². The van der Waals surface area contributed by atoms with E-state index in [1.54, 1.807) is 6.08 Å². The van der Waals surface area contributed by atoms with E-state index in [1.807, 2.05) is 6.08 Å². The van der Waals surface area contributed by atoms with Gasteiger partial charge < -0.3 is 175 Å². The molecular formula is C89H158N4O36. The van der Waals surface area contributed by atoms with Crippen molar-refractivity contribution in [2.75, 3.05) is 46.2 Å². The van der Waals surface area contributed by atoms with E-state index in [4.69, 9.17) is 56.8 Å². The minimum atomic E-state index is -3.26. The van der Waals surface area contributed by atoms with E-state index in [-0.39, 0.29) is 12.3 Å². The molecule has 0 aromatic heterocycles. The highest BCUT2D eigenvalue weighted by Crippen LogP contribution is 2.41. The fraction of sp³-hybridized carbons (Fsp3) is 0.899. The molecule has 0 bridgehead atoms. The number of hydrogen-bond donors (Lipinski definition) is 23. The summed E-state index contributed by atoms with van der Waals surface area (Å²) in [6.45, 7) is 0.121. The normalized spacial score (nSPS) is 34.3. The molecule has 0 aromatic rings. The summed E-state index contributed by atoms with van der Waals surface area (Å²) in [6.07, 6.45) is -13.3. The van der Waals surface area contributed by atoms with Crippen molar-refractivity contribution < 1.29 is 178 Å². The Balaban J connectivity index is 1.18. The van der Waals surface area contributed by atoms with Gasteiger partial charge in [0.1, 0.15) is 140 Å². The molecule has 40 heteroatoms. The number of aliphatic carboxylic acids is 1. The lowest BCUT2D eigenvalue weighted by Gasteiger charge is -2.52. The summed E-state index contributed by atoms with van der Waals surface area (Å²) >= 11 is 0. The van der Waals surface area contributed by atoms with Gasteiger partial charge in [-0.3, -0.25) is 19.2 Å². The minimum Gasteiger partial charge on any atom is -0.477 e. The highest BCUT2D eigenvalue weighted by atomic mass is 16.8. The number of carbonyl (C=O) groups excluding carboxylic acids is 4. The number of allylic oxidation sites excluding steroid dienone is 3. The van der Waals surface area contributed by atoms with Gasteiger partial charge in [0, 0.05) is 33.6 Å². The van der Waals surface area contributed by atoms with Crippen molar-refractivity contribution >= 4 is 29.6 Å². The van der Waals surface area contributed by atoms with Gasteiger partial charge in [0.15, 0.2) is 31.5 Å². The van der Waals surface area contributed by atoms with Crippen molar-refractivity contribution in [2.24, 2.45) is 0 Å². The summed E-state index contributed by atoms with van der Waals surface area (Å²) < 4.78 is 72.6. The largest absolute Gasteiger partial charge is 0.477 e. The number of carbonyl (C=O) groups is 5. The van der Waals surface area contributed by atoms with Gasteiger partial charge in [-0.05, 0) is 44.9 Å². The lowest BCUT2D eigenvalue weighted by atomic mass is 9.88. The van der Waals surface area contributed by atoms with E-state index >= 15 is 0 Å². The molecule has 6 fully saturated rings. The molecule has 0 aliphatic carbocycles. The zero-order valence-corrected chi connectivity index (χ0v) is 75.9. The van der Waals surface area contributed by atoms with Crippen molar-refractivity contribution in [3.8, 4) is 0 Å². The van der Waals surface area contributed by atoms with Crippen molar-refractivity contribution in [1.29, 1.82) is 0 Å². The van der Waals surface area contributed by atoms with Crippen molar-refractivity contribution in [3.05, 3.63) is 24.3 Å². The van der Waals surface area contributed by atoms with Crippen LogP contribution in [-0.4, -0.2) is 375 Å². The van der Waals surface area contributed by atoms with E-state index < -0.39 is 278 Å². The number of aliphatic hydroxyl groups is 18. The van der Waals surface area contributed by atoms with Crippen molar-refractivity contribution in [2.45, 2.75) is 461 Å². The third kappa shape index (κ3) is 35.9. The van der Waals surface area contributed by atoms with Crippen LogP contribution in [0.3, 0.4) is 0 Å². The summed E-state index contributed by atoms with van der Waals surface area (Å²) in [5.74, 6) is -8.41. The maximum Gasteiger partial charge on any atom is 0.364 e. The fourth-order valence-electron chi connectivity index (χ4n) is 17.3. The van der Waals surface area contributed by atoms with Crippen LogP contribution in [0.5, 0.6) is 0 Å². The Labute approximate surface area is 757 Å². The number of unbranched alkanes of at least 4 members (excludes halogenated alkanes) is 30. The predicted molar refractivity (Wildman–Crippen MR) is 459 cm³/mol. The van der Waals surface area contributed by atoms with Crippen LogP contribution in [0.15, 0.2) is 24.3 Å². The fourth-order valence-corrected chi connectivity index (χ4v) is 17.3. The second kappa shape index (κ2) is 61.0. The molecule has 6 aliphatic rings. The molecule has 0 saturated carbocycles. The number of carboxylic acid groups (broad SMARTS) is 1. The lowest BCUT2D eigenvalue weighted by Crippen LogP contribution is -2.72. The molecule has 6 heterocycles. The Hall–Kier alpha value is -4.37. The van der Waals surface area contributed by atoms with Crippen LogP contribution in [0.4, 0.5) is 0 Å². The van der Waals surface area contributed by atoms with Gasteiger partial charge in [-0.25, -0.2) is 4.79 Å². The summed E-state index contributed by atoms with van der Waals surface area (Å²) in [6, 6.07) is -6.63. The third-order valence-electron chi connectivity index (χ3n) is 24.8. The molecule has 0 radical (unpaired) electrons. The number of ether oxygens (including phenoxy) is 12. The first-order valence-electron chi connectivity index (χ1n) is 47.2. The van der Waals surface area contributed by atoms with Crippen LogP contribution in [0.2, 0.25) is 0 Å². The molecule has 129 heavy (non-hydrogen) atoms. The maximum atomic E-state index is 13.7. The van der Waals surface area contributed by atoms with E-state index in [0.717, 1.165) is 85.0 Å². The molecule has 33 atom stereocenters. The van der Waals surface area contributed by atoms with E-state index in [1.165, 1.54) is 135 Å². The van der Waals surface area contributed by atoms with E-state index in [9.17, 15) is 121 Å². The monoisotopic (exact) mass is 1860 g/mol. The first kappa shape index (κ1) is 113. The summed E-state index contributed by atoms with van der Waals surface area (Å²) in [7, 11) is 0. The van der Waals surface area contributed by atoms with Crippen molar-refractivity contribution in [3.63, 3.8) is 0 Å². The third-order valence-corrected chi connectivity index (χ3v) is 24.8. The van der Waals surface area contributed by atoms with Gasteiger partial charge in [0.25, 0.3) is 5.79 Å². The number of hydrogen-bond acceptors (Lipinski definition) is 35. The van der Waals surface area contributed by atoms with Gasteiger partial charge >= 0.3 is 5.97 Å². The first-order valence-corrected chi connectivity index (χ1v) is 47.2. The maximum absolute atomic E-state index is 13.7. The van der Waals surface area contributed by atoms with Crippen LogP contribution in [0.1, 0.15) is 259 Å². The second-order valence-electron chi connectivity index (χ2n) is 35.3. The molecule has 6 rings (SSSR count). The SMILES string of the molecule is CCCCCCCC/C=C\CCCCCCCCCCCCCCCC(=O)N[C@@H](CO[C@@H]1OC(CO)[C@@H](O[C@@H]2OC(CO)[C@H](O[C@@H]3OC(CO)[C@H](O)[C@H](O)C3NC(C)=O)[C@H](O[C@@H]3OC(CO)[C@@H](O[C@@H]4OC(CO)[C@H](O)[C@H](O[C@]5(C(=O)O)CC(O)[C@@H](NC(C)=O)C([C@H](O)[C@H](O)CO)O5)C4O)[C@H](O)C3NC(C)=O)C2O)[C@H](O)C1O)[C@H](O)/C=C/CCCCCCCCCCCCC. The van der Waals surface area contributed by atoms with Gasteiger partial charge in [-0.1, -0.05) is 205 Å². The van der Waals surface area contributed by atoms with Gasteiger partial charge in [0.2, 0.25) is 23.6 Å². The quantitative estimate of drug-likeness (QED) is 0.0277. The molecule has 4 amide bonds. The van der Waals surface area contributed by atoms with Crippen LogP contribution in [0.25, 0.3) is 0 Å². The molecule has 23 N–H and O–H groups in total. The van der Waals surface area contributed by atoms with Crippen LogP contribution < -0.4 is 21.3 Å².